The molecule has 7 nitrogen and oxygen atoms in total. The fourth-order valence-corrected chi connectivity index (χ4v) is 3.28. The van der Waals surface area contributed by atoms with Crippen LogP contribution in [-0.2, 0) is 9.59 Å². The van der Waals surface area contributed by atoms with E-state index in [1.807, 2.05) is 11.8 Å². The largest absolute Gasteiger partial charge is 0.480 e. The Morgan fingerprint density at radius 1 is 1.37 bits per heavy atom. The summed E-state index contributed by atoms with van der Waals surface area (Å²) in [6, 6.07) is -1.37. The molecule has 0 spiro atoms. The minimum atomic E-state index is -1.10. The lowest BCUT2D eigenvalue weighted by Gasteiger charge is -2.34. The van der Waals surface area contributed by atoms with Crippen molar-refractivity contribution in [3.05, 3.63) is 0 Å². The summed E-state index contributed by atoms with van der Waals surface area (Å²) in [7, 11) is 0. The van der Waals surface area contributed by atoms with Crippen molar-refractivity contribution in [1.82, 2.24) is 15.5 Å². The summed E-state index contributed by atoms with van der Waals surface area (Å²) < 4.78 is 0. The molecule has 2 aliphatic heterocycles. The predicted octanol–water partition coefficient (Wildman–Crippen LogP) is -0.523. The highest BCUT2D eigenvalue weighted by Gasteiger charge is 2.35. The summed E-state index contributed by atoms with van der Waals surface area (Å²) in [5, 5.41) is 14.4. The SMILES string of the molecule is O=C1CN(C(=O)NC2CCSCC2)C(C(=O)O)CN1. The normalized spacial score (nSPS) is 24.7. The Labute approximate surface area is 115 Å². The molecule has 0 aromatic heterocycles. The fourth-order valence-electron chi connectivity index (χ4n) is 2.17. The molecule has 1 unspecified atom stereocenters. The Bertz CT molecular complexity index is 384. The zero-order valence-corrected chi connectivity index (χ0v) is 11.2. The first-order valence-corrected chi connectivity index (χ1v) is 7.38. The van der Waals surface area contributed by atoms with Gasteiger partial charge in [0.25, 0.3) is 0 Å². The second-order valence-corrected chi connectivity index (χ2v) is 5.85. The number of aliphatic carboxylic acids is 1. The van der Waals surface area contributed by atoms with Crippen LogP contribution in [0.15, 0.2) is 0 Å². The molecule has 19 heavy (non-hydrogen) atoms. The zero-order valence-electron chi connectivity index (χ0n) is 10.4. The number of nitrogens with zero attached hydrogens (tertiary/aromatic N) is 1. The number of hydrogen-bond acceptors (Lipinski definition) is 4. The lowest BCUT2D eigenvalue weighted by molar-refractivity contribution is -0.144. The molecule has 2 heterocycles. The van der Waals surface area contributed by atoms with E-state index in [-0.39, 0.29) is 25.0 Å². The van der Waals surface area contributed by atoms with Crippen LogP contribution in [0.25, 0.3) is 0 Å². The van der Waals surface area contributed by atoms with E-state index in [9.17, 15) is 14.4 Å². The van der Waals surface area contributed by atoms with Gasteiger partial charge in [-0.3, -0.25) is 9.69 Å². The van der Waals surface area contributed by atoms with Crippen molar-refractivity contribution in [2.75, 3.05) is 24.6 Å². The van der Waals surface area contributed by atoms with E-state index in [0.29, 0.717) is 0 Å². The molecule has 2 rings (SSSR count). The number of amides is 3. The molecular weight excluding hydrogens is 270 g/mol. The van der Waals surface area contributed by atoms with Gasteiger partial charge < -0.3 is 15.7 Å². The van der Waals surface area contributed by atoms with Gasteiger partial charge in [-0.15, -0.1) is 0 Å². The summed E-state index contributed by atoms with van der Waals surface area (Å²) in [5.74, 6) is 0.558. The molecule has 0 aromatic rings. The minimum absolute atomic E-state index is 0.0396. The third kappa shape index (κ3) is 3.52. The number of carbonyl (C=O) groups is 3. The van der Waals surface area contributed by atoms with Crippen molar-refractivity contribution in [3.63, 3.8) is 0 Å². The molecule has 0 saturated carbocycles. The minimum Gasteiger partial charge on any atom is -0.480 e. The summed E-state index contributed by atoms with van der Waals surface area (Å²) in [4.78, 5) is 35.6. The first-order chi connectivity index (χ1) is 9.08. The Balaban J connectivity index is 1.97. The average Bonchev–Trinajstić information content (AvgIpc) is 2.39. The van der Waals surface area contributed by atoms with Crippen LogP contribution in [0, 0.1) is 0 Å². The quantitative estimate of drug-likeness (QED) is 0.634. The van der Waals surface area contributed by atoms with Crippen LogP contribution >= 0.6 is 11.8 Å². The molecule has 0 bridgehead atoms. The summed E-state index contributed by atoms with van der Waals surface area (Å²) >= 11 is 1.84. The van der Waals surface area contributed by atoms with Crippen molar-refractivity contribution in [2.24, 2.45) is 0 Å². The molecule has 0 aromatic carbocycles. The summed E-state index contributed by atoms with van der Waals surface area (Å²) in [6.07, 6.45) is 1.77. The predicted molar refractivity (Wildman–Crippen MR) is 70.0 cm³/mol. The molecule has 8 heteroatoms. The molecule has 0 aliphatic carbocycles. The number of hydrogen-bond donors (Lipinski definition) is 3. The number of thioether (sulfide) groups is 1. The maximum absolute atomic E-state index is 12.1. The average molecular weight is 287 g/mol. The Morgan fingerprint density at radius 3 is 2.68 bits per heavy atom. The smallest absolute Gasteiger partial charge is 0.328 e. The number of carbonyl (C=O) groups excluding carboxylic acids is 2. The number of urea groups is 1. The lowest BCUT2D eigenvalue weighted by atomic mass is 10.1. The van der Waals surface area contributed by atoms with Gasteiger partial charge in [0, 0.05) is 12.6 Å². The first kappa shape index (κ1) is 14.0. The van der Waals surface area contributed by atoms with E-state index in [4.69, 9.17) is 5.11 Å². The highest BCUT2D eigenvalue weighted by atomic mass is 32.2. The molecule has 2 aliphatic rings. The number of carboxylic acids is 1. The van der Waals surface area contributed by atoms with Gasteiger partial charge in [0.2, 0.25) is 5.91 Å². The maximum Gasteiger partial charge on any atom is 0.328 e. The maximum atomic E-state index is 12.1. The first-order valence-electron chi connectivity index (χ1n) is 6.22. The van der Waals surface area contributed by atoms with Gasteiger partial charge in [-0.1, -0.05) is 0 Å². The second-order valence-electron chi connectivity index (χ2n) is 4.62. The van der Waals surface area contributed by atoms with E-state index in [2.05, 4.69) is 10.6 Å². The van der Waals surface area contributed by atoms with Gasteiger partial charge in [0.1, 0.15) is 12.6 Å². The van der Waals surface area contributed by atoms with E-state index < -0.39 is 18.0 Å². The second kappa shape index (κ2) is 6.14. The van der Waals surface area contributed by atoms with Crippen molar-refractivity contribution in [1.29, 1.82) is 0 Å². The van der Waals surface area contributed by atoms with Crippen LogP contribution in [0.1, 0.15) is 12.8 Å². The van der Waals surface area contributed by atoms with Gasteiger partial charge in [-0.25, -0.2) is 9.59 Å². The molecule has 1 atom stereocenters. The number of carboxylic acid groups (broad SMARTS) is 1. The zero-order chi connectivity index (χ0) is 13.8. The number of piperazine rings is 1. The molecule has 106 valence electrons. The molecule has 2 saturated heterocycles. The van der Waals surface area contributed by atoms with Crippen LogP contribution in [0.2, 0.25) is 0 Å². The highest BCUT2D eigenvalue weighted by Crippen LogP contribution is 2.17. The lowest BCUT2D eigenvalue weighted by Crippen LogP contribution is -2.62. The van der Waals surface area contributed by atoms with Crippen LogP contribution in [0.5, 0.6) is 0 Å². The Kier molecular flexibility index (Phi) is 4.52. The van der Waals surface area contributed by atoms with Crippen molar-refractivity contribution >= 4 is 29.7 Å². The topological polar surface area (TPSA) is 98.7 Å². The van der Waals surface area contributed by atoms with Crippen LogP contribution in [-0.4, -0.2) is 64.6 Å². The monoisotopic (exact) mass is 287 g/mol. The highest BCUT2D eigenvalue weighted by molar-refractivity contribution is 7.99. The number of nitrogens with one attached hydrogen (secondary N) is 2. The molecule has 3 N–H and O–H groups in total. The fraction of sp³-hybridized carbons (Fsp3) is 0.727. The third-order valence-electron chi connectivity index (χ3n) is 3.28. The van der Waals surface area contributed by atoms with E-state index in [0.717, 1.165) is 29.2 Å². The van der Waals surface area contributed by atoms with E-state index in [1.165, 1.54) is 0 Å². The Morgan fingerprint density at radius 2 is 2.05 bits per heavy atom. The third-order valence-corrected chi connectivity index (χ3v) is 4.33. The molecule has 3 amide bonds. The molecule has 0 radical (unpaired) electrons. The van der Waals surface area contributed by atoms with Crippen LogP contribution < -0.4 is 10.6 Å². The van der Waals surface area contributed by atoms with Crippen LogP contribution in [0.4, 0.5) is 4.79 Å². The van der Waals surface area contributed by atoms with Crippen molar-refractivity contribution in [3.8, 4) is 0 Å². The summed E-state index contributed by atoms with van der Waals surface area (Å²) in [6.45, 7) is -0.244. The van der Waals surface area contributed by atoms with Crippen molar-refractivity contribution in [2.45, 2.75) is 24.9 Å². The van der Waals surface area contributed by atoms with Crippen molar-refractivity contribution < 1.29 is 19.5 Å². The van der Waals surface area contributed by atoms with Gasteiger partial charge >= 0.3 is 12.0 Å². The Hall–Kier alpha value is -1.44. The standard InChI is InChI=1S/C11H17N3O4S/c15-9-6-14(8(5-12-9)10(16)17)11(18)13-7-1-3-19-4-2-7/h7-8H,1-6H2,(H,12,15)(H,13,18)(H,16,17). The molecule has 2 fully saturated rings. The van der Waals surface area contributed by atoms with Gasteiger partial charge in [-0.2, -0.15) is 11.8 Å². The van der Waals surface area contributed by atoms with Gasteiger partial charge in [0.05, 0.1) is 0 Å². The van der Waals surface area contributed by atoms with E-state index >= 15 is 0 Å². The summed E-state index contributed by atoms with van der Waals surface area (Å²) in [5.41, 5.74) is 0. The van der Waals surface area contributed by atoms with Gasteiger partial charge in [-0.05, 0) is 24.3 Å². The number of rotatable bonds is 2. The molecular formula is C11H17N3O4S. The van der Waals surface area contributed by atoms with Gasteiger partial charge in [0.15, 0.2) is 0 Å². The van der Waals surface area contributed by atoms with E-state index in [1.54, 1.807) is 0 Å². The van der Waals surface area contributed by atoms with Crippen LogP contribution in [0.3, 0.4) is 0 Å².